The Bertz CT molecular complexity index is 559. The largest absolute Gasteiger partial charge is 0.465 e. The van der Waals surface area contributed by atoms with Gasteiger partial charge in [0.05, 0.1) is 6.61 Å². The first-order chi connectivity index (χ1) is 9.45. The zero-order valence-corrected chi connectivity index (χ0v) is 12.4. The molecule has 20 heavy (non-hydrogen) atoms. The van der Waals surface area contributed by atoms with Gasteiger partial charge in [-0.25, -0.2) is 8.78 Å². The second-order valence-corrected chi connectivity index (χ2v) is 5.53. The first kappa shape index (κ1) is 15.1. The standard InChI is InChI=1S/C14H13BrF2O3/c1-2-6-20-13(19)14(12(16)17)7-9-8(11(14)18)4-3-5-10(9)15/h3-5,12H,2,6-7H2,1H3. The summed E-state index contributed by atoms with van der Waals surface area (Å²) in [6.07, 6.45) is -2.92. The van der Waals surface area contributed by atoms with Gasteiger partial charge in [0.25, 0.3) is 6.43 Å². The summed E-state index contributed by atoms with van der Waals surface area (Å²) in [7, 11) is 0. The number of carbonyl (C=O) groups is 2. The summed E-state index contributed by atoms with van der Waals surface area (Å²) in [5.74, 6) is -1.99. The van der Waals surface area contributed by atoms with Gasteiger partial charge in [-0.05, 0) is 18.1 Å². The molecule has 1 aliphatic carbocycles. The molecule has 0 aromatic heterocycles. The van der Waals surface area contributed by atoms with Crippen LogP contribution in [0.1, 0.15) is 29.3 Å². The van der Waals surface area contributed by atoms with Gasteiger partial charge < -0.3 is 4.74 Å². The highest BCUT2D eigenvalue weighted by atomic mass is 79.9. The molecule has 6 heteroatoms. The lowest BCUT2D eigenvalue weighted by Gasteiger charge is -2.24. The Morgan fingerprint density at radius 3 is 2.75 bits per heavy atom. The molecule has 0 saturated heterocycles. The van der Waals surface area contributed by atoms with Crippen molar-refractivity contribution in [3.05, 3.63) is 33.8 Å². The third-order valence-electron chi connectivity index (χ3n) is 3.40. The van der Waals surface area contributed by atoms with Crippen LogP contribution in [0.5, 0.6) is 0 Å². The molecule has 0 saturated carbocycles. The molecule has 0 N–H and O–H groups in total. The Hall–Kier alpha value is -1.30. The molecule has 1 aromatic rings. The topological polar surface area (TPSA) is 43.4 Å². The summed E-state index contributed by atoms with van der Waals surface area (Å²) in [4.78, 5) is 24.3. The first-order valence-electron chi connectivity index (χ1n) is 6.22. The molecule has 0 aliphatic heterocycles. The number of carbonyl (C=O) groups excluding carboxylic acids is 2. The number of benzene rings is 1. The van der Waals surface area contributed by atoms with Crippen molar-refractivity contribution in [1.29, 1.82) is 0 Å². The number of hydrogen-bond donors (Lipinski definition) is 0. The van der Waals surface area contributed by atoms with Crippen LogP contribution < -0.4 is 0 Å². The van der Waals surface area contributed by atoms with Crippen LogP contribution in [0.25, 0.3) is 0 Å². The lowest BCUT2D eigenvalue weighted by molar-refractivity contribution is -0.160. The molecule has 2 rings (SSSR count). The SMILES string of the molecule is CCCOC(=O)C1(C(F)F)Cc2c(Br)cccc2C1=O. The Morgan fingerprint density at radius 2 is 2.20 bits per heavy atom. The number of Topliss-reactive ketones (excluding diaryl/α,β-unsaturated/α-hetero) is 1. The predicted molar refractivity (Wildman–Crippen MR) is 71.9 cm³/mol. The van der Waals surface area contributed by atoms with Crippen molar-refractivity contribution in [3.8, 4) is 0 Å². The second kappa shape index (κ2) is 5.60. The van der Waals surface area contributed by atoms with Crippen LogP contribution in [0, 0.1) is 5.41 Å². The molecule has 0 radical (unpaired) electrons. The first-order valence-corrected chi connectivity index (χ1v) is 7.02. The summed E-state index contributed by atoms with van der Waals surface area (Å²) < 4.78 is 32.3. The summed E-state index contributed by atoms with van der Waals surface area (Å²) in [5.41, 5.74) is -1.80. The molecule has 108 valence electrons. The van der Waals surface area contributed by atoms with E-state index < -0.39 is 23.6 Å². The van der Waals surface area contributed by atoms with E-state index in [4.69, 9.17) is 4.74 Å². The Labute approximate surface area is 123 Å². The fourth-order valence-corrected chi connectivity index (χ4v) is 2.81. The Kier molecular flexibility index (Phi) is 4.22. The summed E-state index contributed by atoms with van der Waals surface area (Å²) in [6, 6.07) is 4.70. The van der Waals surface area contributed by atoms with Crippen LogP contribution in [-0.2, 0) is 16.0 Å². The van der Waals surface area contributed by atoms with E-state index in [1.54, 1.807) is 19.1 Å². The lowest BCUT2D eigenvalue weighted by Crippen LogP contribution is -2.45. The zero-order valence-electron chi connectivity index (χ0n) is 10.8. The van der Waals surface area contributed by atoms with E-state index in [2.05, 4.69) is 15.9 Å². The highest BCUT2D eigenvalue weighted by molar-refractivity contribution is 9.10. The number of alkyl halides is 2. The van der Waals surface area contributed by atoms with Gasteiger partial charge in [-0.1, -0.05) is 35.0 Å². The van der Waals surface area contributed by atoms with E-state index in [1.165, 1.54) is 6.07 Å². The monoisotopic (exact) mass is 346 g/mol. The second-order valence-electron chi connectivity index (χ2n) is 4.68. The minimum absolute atomic E-state index is 0.0259. The number of rotatable bonds is 4. The number of ether oxygens (including phenoxy) is 1. The van der Waals surface area contributed by atoms with Crippen molar-refractivity contribution in [2.24, 2.45) is 5.41 Å². The van der Waals surface area contributed by atoms with Gasteiger partial charge in [0.1, 0.15) is 0 Å². The third-order valence-corrected chi connectivity index (χ3v) is 4.14. The zero-order chi connectivity index (χ0) is 14.9. The molecule has 1 aromatic carbocycles. The minimum Gasteiger partial charge on any atom is -0.465 e. The third kappa shape index (κ3) is 2.16. The number of hydrogen-bond acceptors (Lipinski definition) is 3. The quantitative estimate of drug-likeness (QED) is 0.619. The fraction of sp³-hybridized carbons (Fsp3) is 0.429. The molecule has 0 heterocycles. The van der Waals surface area contributed by atoms with Gasteiger partial charge in [-0.3, -0.25) is 9.59 Å². The van der Waals surface area contributed by atoms with Crippen molar-refractivity contribution >= 4 is 27.7 Å². The number of fused-ring (bicyclic) bond motifs is 1. The molecule has 0 spiro atoms. The molecule has 3 nitrogen and oxygen atoms in total. The van der Waals surface area contributed by atoms with Gasteiger partial charge in [0.15, 0.2) is 11.2 Å². The normalized spacial score (nSPS) is 21.1. The van der Waals surface area contributed by atoms with Crippen molar-refractivity contribution in [1.82, 2.24) is 0 Å². The molecule has 0 fully saturated rings. The lowest BCUT2D eigenvalue weighted by atomic mass is 9.84. The number of esters is 1. The summed E-state index contributed by atoms with van der Waals surface area (Å²) in [6.45, 7) is 1.78. The maximum atomic E-state index is 13.5. The van der Waals surface area contributed by atoms with Crippen LogP contribution >= 0.6 is 15.9 Å². The molecule has 0 amide bonds. The predicted octanol–water partition coefficient (Wildman–Crippen LogP) is 3.39. The minimum atomic E-state index is -3.10. The molecule has 0 bridgehead atoms. The van der Waals surface area contributed by atoms with Crippen molar-refractivity contribution in [2.45, 2.75) is 26.2 Å². The maximum absolute atomic E-state index is 13.5. The van der Waals surface area contributed by atoms with Crippen LogP contribution in [0.15, 0.2) is 22.7 Å². The molecule has 1 unspecified atom stereocenters. The van der Waals surface area contributed by atoms with Gasteiger partial charge >= 0.3 is 5.97 Å². The molecular formula is C14H13BrF2O3. The average Bonchev–Trinajstić information content (AvgIpc) is 2.72. The molecule has 1 aliphatic rings. The van der Waals surface area contributed by atoms with E-state index >= 15 is 0 Å². The number of ketones is 1. The van der Waals surface area contributed by atoms with E-state index in [0.717, 1.165) is 0 Å². The van der Waals surface area contributed by atoms with Gasteiger partial charge in [-0.15, -0.1) is 0 Å². The fourth-order valence-electron chi connectivity index (χ4n) is 2.30. The van der Waals surface area contributed by atoms with Crippen LogP contribution in [-0.4, -0.2) is 24.8 Å². The van der Waals surface area contributed by atoms with Gasteiger partial charge in [0.2, 0.25) is 0 Å². The van der Waals surface area contributed by atoms with Gasteiger partial charge in [0, 0.05) is 16.5 Å². The molecule has 1 atom stereocenters. The maximum Gasteiger partial charge on any atom is 0.326 e. The van der Waals surface area contributed by atoms with Crippen LogP contribution in [0.4, 0.5) is 8.78 Å². The van der Waals surface area contributed by atoms with Crippen LogP contribution in [0.3, 0.4) is 0 Å². The van der Waals surface area contributed by atoms with Crippen LogP contribution in [0.2, 0.25) is 0 Å². The van der Waals surface area contributed by atoms with E-state index in [0.29, 0.717) is 16.5 Å². The van der Waals surface area contributed by atoms with Crippen molar-refractivity contribution in [3.63, 3.8) is 0 Å². The van der Waals surface area contributed by atoms with E-state index in [1.807, 2.05) is 0 Å². The molecular weight excluding hydrogens is 334 g/mol. The van der Waals surface area contributed by atoms with E-state index in [-0.39, 0.29) is 18.6 Å². The van der Waals surface area contributed by atoms with Gasteiger partial charge in [-0.2, -0.15) is 0 Å². The van der Waals surface area contributed by atoms with E-state index in [9.17, 15) is 18.4 Å². The highest BCUT2D eigenvalue weighted by Crippen LogP contribution is 2.44. The number of halogens is 3. The van der Waals surface area contributed by atoms with Crippen molar-refractivity contribution < 1.29 is 23.1 Å². The Morgan fingerprint density at radius 1 is 1.50 bits per heavy atom. The summed E-state index contributed by atoms with van der Waals surface area (Å²) >= 11 is 3.23. The average molecular weight is 347 g/mol. The summed E-state index contributed by atoms with van der Waals surface area (Å²) in [5, 5.41) is 0. The highest BCUT2D eigenvalue weighted by Gasteiger charge is 2.59. The smallest absolute Gasteiger partial charge is 0.326 e. The van der Waals surface area contributed by atoms with Crippen molar-refractivity contribution in [2.75, 3.05) is 6.61 Å². The Balaban J connectivity index is 2.45.